The van der Waals surface area contributed by atoms with E-state index >= 15 is 0 Å². The monoisotopic (exact) mass is 1530 g/mol. The molecule has 0 radical (unpaired) electrons. The molecule has 0 spiro atoms. The van der Waals surface area contributed by atoms with Gasteiger partial charge in [0.25, 0.3) is 11.5 Å². The minimum atomic E-state index is -2.44. The number of alkyl halides is 3. The van der Waals surface area contributed by atoms with Gasteiger partial charge in [-0.25, -0.2) is 18.2 Å². The zero-order valence-corrected chi connectivity index (χ0v) is 75.1. The van der Waals surface area contributed by atoms with Gasteiger partial charge < -0.3 is 43.4 Å². The van der Waals surface area contributed by atoms with Crippen molar-refractivity contribution in [2.24, 2.45) is 17.8 Å². The summed E-state index contributed by atoms with van der Waals surface area (Å²) in [5.74, 6) is 0.333. The highest BCUT2D eigenvalue weighted by Gasteiger charge is 2.36. The van der Waals surface area contributed by atoms with Crippen LogP contribution in [-0.4, -0.2) is 217 Å². The van der Waals surface area contributed by atoms with Crippen LogP contribution in [0.2, 0.25) is 0 Å². The van der Waals surface area contributed by atoms with E-state index in [2.05, 4.69) is 243 Å². The number of para-hydroxylation sites is 1. The van der Waals surface area contributed by atoms with E-state index < -0.39 is 11.6 Å². The first-order valence-electron chi connectivity index (χ1n) is 43.9. The summed E-state index contributed by atoms with van der Waals surface area (Å²) in [5, 5.41) is 0. The van der Waals surface area contributed by atoms with Gasteiger partial charge in [-0.1, -0.05) is 75.7 Å². The van der Waals surface area contributed by atoms with Crippen molar-refractivity contribution in [3.63, 3.8) is 0 Å². The number of imidazole rings is 1. The van der Waals surface area contributed by atoms with Crippen LogP contribution in [0.15, 0.2) is 96.4 Å². The summed E-state index contributed by atoms with van der Waals surface area (Å²) in [6.07, 6.45) is 23.4. The lowest BCUT2D eigenvalue weighted by Gasteiger charge is -2.37. The fraction of sp³-hybridized carbons (Fsp3) is 0.785. The number of nitrogens with zero attached hydrogens (tertiary/aromatic N) is 12. The van der Waals surface area contributed by atoms with Crippen molar-refractivity contribution < 1.29 is 13.2 Å². The standard InChI is InChI=1S/2C11H15N.C10H21N.C9H18FN.C9H19N.C8H15F2N.C8H11NO.C8H17N.C7H15N.C6H10N2.C6H13N/c1-9(2)12-7-10-5-3-4-6-11(10)8-12;1-9(2)12-8-7-10-5-3-4-6-11(10)12;1-8(2)11-6-9(3)5-10(4)7-11;1-8(2)11-6-4-9(3,10)5-7-11;1-8(2)10-6-4-9(3)5-7-10;1-7(2)11-5-3-4-8(9,10)6-11;1-7(2)9-6-4-3-5-8(9)10;1-8(2)9-6-4-3-5-7-9;1-7(2)8-5-3-4-6-8;1-6(2)8-4-3-7-5-8;1-6(2)7-4-3-5-7/h2*3-6,9H,7-8H2,1-2H3;8-10H,5-7H2,1-4H3;8H,4-7H2,1-3H3;8-9H,4-7H2,1-3H3;7H,3-6H2,1-2H3;3-7H,1-2H3;8H,3-7H2,1-2H3;7H,3-6H2,1-2H3;3-6H,1-2H3;6H,3-5H2,1-2H3. The number of hydrogen-bond acceptors (Lipinski definition) is 11. The third-order valence-corrected chi connectivity index (χ3v) is 23.2. The largest absolute Gasteiger partial charge is 0.369 e. The number of benzene rings is 2. The van der Waals surface area contributed by atoms with Crippen LogP contribution in [0, 0.1) is 17.8 Å². The summed E-state index contributed by atoms with van der Waals surface area (Å²) >= 11 is 0. The van der Waals surface area contributed by atoms with Gasteiger partial charge in [0, 0.05) is 149 Å². The molecule has 13 rings (SSSR count). The molecule has 0 amide bonds. The van der Waals surface area contributed by atoms with E-state index in [9.17, 15) is 18.0 Å². The van der Waals surface area contributed by atoms with E-state index in [0.717, 1.165) is 80.7 Å². The third kappa shape index (κ3) is 40.1. The molecule has 7 saturated heterocycles. The van der Waals surface area contributed by atoms with Gasteiger partial charge in [-0.2, -0.15) is 0 Å². The van der Waals surface area contributed by atoms with Crippen molar-refractivity contribution in [1.82, 2.24) is 53.3 Å². The molecular weight excluding hydrogens is 1360 g/mol. The van der Waals surface area contributed by atoms with E-state index in [1.807, 2.05) is 51.2 Å². The summed E-state index contributed by atoms with van der Waals surface area (Å²) in [6, 6.07) is 29.4. The molecule has 2 unspecified atom stereocenters. The number of piperidine rings is 5. The van der Waals surface area contributed by atoms with E-state index in [4.69, 9.17) is 0 Å². The Morgan fingerprint density at radius 1 is 0.385 bits per heavy atom. The van der Waals surface area contributed by atoms with Gasteiger partial charge in [-0.15, -0.1) is 0 Å². The number of fused-ring (bicyclic) bond motifs is 2. The van der Waals surface area contributed by atoms with Crippen LogP contribution in [0.25, 0.3) is 0 Å². The van der Waals surface area contributed by atoms with Crippen molar-refractivity contribution in [2.45, 2.75) is 361 Å². The minimum absolute atomic E-state index is 0.0509. The quantitative estimate of drug-likeness (QED) is 0.144. The molecule has 9 aliphatic heterocycles. The number of rotatable bonds is 11. The molecule has 2 aromatic heterocycles. The van der Waals surface area contributed by atoms with Crippen LogP contribution in [-0.2, 0) is 19.5 Å². The molecule has 109 heavy (non-hydrogen) atoms. The molecule has 0 aliphatic carbocycles. The highest BCUT2D eigenvalue weighted by Crippen LogP contribution is 2.31. The first-order chi connectivity index (χ1) is 51.3. The number of pyridine rings is 1. The molecule has 0 bridgehead atoms. The van der Waals surface area contributed by atoms with Gasteiger partial charge in [-0.05, 0) is 342 Å². The maximum absolute atomic E-state index is 13.3. The van der Waals surface area contributed by atoms with Crippen LogP contribution in [0.1, 0.15) is 292 Å². The molecular formula is C93H169F3N12O. The van der Waals surface area contributed by atoms with E-state index in [1.165, 1.54) is 159 Å². The summed E-state index contributed by atoms with van der Waals surface area (Å²) in [6.45, 7) is 76.4. The van der Waals surface area contributed by atoms with Gasteiger partial charge in [0.2, 0.25) is 0 Å². The Morgan fingerprint density at radius 2 is 0.798 bits per heavy atom. The topological polar surface area (TPSA) is 69.0 Å². The minimum Gasteiger partial charge on any atom is -0.369 e. The molecule has 628 valence electrons. The molecule has 4 aromatic rings. The Hall–Kier alpha value is -4.13. The number of likely N-dealkylation sites (tertiary alicyclic amines) is 7. The fourth-order valence-electron chi connectivity index (χ4n) is 15.2. The molecule has 2 atom stereocenters. The smallest absolute Gasteiger partial charge is 0.260 e. The number of halogens is 3. The van der Waals surface area contributed by atoms with Crippen molar-refractivity contribution in [3.8, 4) is 0 Å². The normalized spacial score (nSPS) is 21.2. The van der Waals surface area contributed by atoms with Gasteiger partial charge >= 0.3 is 0 Å². The zero-order chi connectivity index (χ0) is 81.6. The highest BCUT2D eigenvalue weighted by molar-refractivity contribution is 5.58. The van der Waals surface area contributed by atoms with Gasteiger partial charge in [0.15, 0.2) is 0 Å². The van der Waals surface area contributed by atoms with Crippen molar-refractivity contribution in [2.75, 3.05) is 103 Å². The molecule has 9 aliphatic rings. The Morgan fingerprint density at radius 3 is 1.16 bits per heavy atom. The van der Waals surface area contributed by atoms with Gasteiger partial charge in [0.05, 0.1) is 12.9 Å². The van der Waals surface area contributed by atoms with Crippen molar-refractivity contribution in [1.29, 1.82) is 0 Å². The Labute approximate surface area is 669 Å². The van der Waals surface area contributed by atoms with Crippen LogP contribution < -0.4 is 10.5 Å². The second kappa shape index (κ2) is 52.4. The fourth-order valence-corrected chi connectivity index (χ4v) is 15.2. The maximum atomic E-state index is 13.3. The zero-order valence-electron chi connectivity index (χ0n) is 75.1. The van der Waals surface area contributed by atoms with Gasteiger partial charge in [-0.3, -0.25) is 14.6 Å². The van der Waals surface area contributed by atoms with Crippen LogP contribution in [0.3, 0.4) is 0 Å². The van der Waals surface area contributed by atoms with Crippen LogP contribution in [0.5, 0.6) is 0 Å². The molecule has 11 heterocycles. The SMILES string of the molecule is CC(C)N1CCC(C)(F)CC1.CC(C)N1CCC1.CC(C)N1CCCC(F)(F)C1.CC(C)N1CCCC1.CC(C)N1CCCCC1.CC(C)N1CCc2ccccc21.CC(C)N1Cc2ccccc2C1.CC(C)n1ccccc1=O.CC(C)n1ccnc1.CC1CC(C)CN(C(C)C)C1.CC1CCN(C(C)C)CC1. The molecule has 7 fully saturated rings. The molecule has 0 saturated carbocycles. The average molecular weight is 1530 g/mol. The summed E-state index contributed by atoms with van der Waals surface area (Å²) in [4.78, 5) is 36.8. The van der Waals surface area contributed by atoms with Crippen LogP contribution >= 0.6 is 0 Å². The van der Waals surface area contributed by atoms with E-state index in [0.29, 0.717) is 43.4 Å². The summed E-state index contributed by atoms with van der Waals surface area (Å²) in [5.41, 5.74) is 5.12. The van der Waals surface area contributed by atoms with E-state index in [-0.39, 0.29) is 30.6 Å². The number of aromatic nitrogens is 3. The number of anilines is 1. The lowest BCUT2D eigenvalue weighted by atomic mass is 9.91. The van der Waals surface area contributed by atoms with Crippen molar-refractivity contribution >= 4 is 5.69 Å². The first kappa shape index (κ1) is 99.1. The molecule has 0 N–H and O–H groups in total. The lowest BCUT2D eigenvalue weighted by molar-refractivity contribution is -0.0715. The lowest BCUT2D eigenvalue weighted by Crippen LogP contribution is -2.45. The average Bonchev–Trinajstić information content (AvgIpc) is 1.69. The Balaban J connectivity index is 0.000000312. The van der Waals surface area contributed by atoms with E-state index in [1.54, 1.807) is 36.0 Å². The molecule has 2 aromatic carbocycles. The predicted octanol–water partition coefficient (Wildman–Crippen LogP) is 21.1. The van der Waals surface area contributed by atoms with Crippen molar-refractivity contribution in [3.05, 3.63) is 119 Å². The summed E-state index contributed by atoms with van der Waals surface area (Å²) < 4.78 is 42.6. The van der Waals surface area contributed by atoms with Gasteiger partial charge in [0.1, 0.15) is 5.67 Å². The third-order valence-electron chi connectivity index (χ3n) is 23.2. The first-order valence-corrected chi connectivity index (χ1v) is 43.9. The maximum Gasteiger partial charge on any atom is 0.260 e. The molecule has 16 heteroatoms. The Kier molecular flexibility index (Phi) is 47.6. The predicted molar refractivity (Wildman–Crippen MR) is 466 cm³/mol. The molecule has 13 nitrogen and oxygen atoms in total. The summed E-state index contributed by atoms with van der Waals surface area (Å²) in [7, 11) is 0. The second-order valence-electron chi connectivity index (χ2n) is 36.5. The Bertz CT molecular complexity index is 2900. The van der Waals surface area contributed by atoms with Crippen LogP contribution in [0.4, 0.5) is 18.9 Å². The highest BCUT2D eigenvalue weighted by atomic mass is 19.3. The second-order valence-corrected chi connectivity index (χ2v) is 36.5. The number of hydrogen-bond donors (Lipinski definition) is 0.